The third kappa shape index (κ3) is 8.44. The number of carbonyl (C=O) groups is 4. The average Bonchev–Trinajstić information content (AvgIpc) is 2.84. The summed E-state index contributed by atoms with van der Waals surface area (Å²) in [5.74, 6) is -0.594. The summed E-state index contributed by atoms with van der Waals surface area (Å²) in [6.45, 7) is 7.54. The van der Waals surface area contributed by atoms with Gasteiger partial charge < -0.3 is 21.3 Å². The minimum Gasteiger partial charge on any atom is -0.351 e. The molecule has 8 heteroatoms. The fraction of sp³-hybridized carbons (Fsp3) is 0.448. The first-order valence-electron chi connectivity index (χ1n) is 13.0. The van der Waals surface area contributed by atoms with Crippen LogP contribution in [0.4, 0.5) is 10.5 Å². The summed E-state index contributed by atoms with van der Waals surface area (Å²) in [4.78, 5) is 50.7. The summed E-state index contributed by atoms with van der Waals surface area (Å²) < 4.78 is 0. The molecule has 0 aromatic heterocycles. The zero-order valence-corrected chi connectivity index (χ0v) is 22.1. The summed E-state index contributed by atoms with van der Waals surface area (Å²) in [7, 11) is 0. The first kappa shape index (κ1) is 27.9. The number of anilines is 1. The molecule has 3 rings (SSSR count). The van der Waals surface area contributed by atoms with Crippen LogP contribution in [0.3, 0.4) is 0 Å². The molecule has 2 unspecified atom stereocenters. The Kier molecular flexibility index (Phi) is 9.83. The van der Waals surface area contributed by atoms with Gasteiger partial charge in [0.2, 0.25) is 5.91 Å². The average molecular weight is 507 g/mol. The van der Waals surface area contributed by atoms with Crippen LogP contribution in [0, 0.1) is 13.8 Å². The Labute approximate surface area is 219 Å². The first-order valence-corrected chi connectivity index (χ1v) is 13.0. The molecule has 198 valence electrons. The zero-order valence-electron chi connectivity index (χ0n) is 22.1. The maximum absolute atomic E-state index is 13.0. The number of Topliss-reactive ketones (excluding diaryl/α,β-unsaturated/α-hetero) is 1. The fourth-order valence-corrected chi connectivity index (χ4v) is 4.49. The minimum absolute atomic E-state index is 0.0167. The first-order chi connectivity index (χ1) is 17.6. The van der Waals surface area contributed by atoms with Gasteiger partial charge in [-0.05, 0) is 64.8 Å². The molecule has 4 N–H and O–H groups in total. The molecule has 0 bridgehead atoms. The molecular formula is C29H38N4O4. The predicted octanol–water partition coefficient (Wildman–Crippen LogP) is 4.65. The molecular weight excluding hydrogens is 468 g/mol. The number of carbonyl (C=O) groups excluding carboxylic acids is 4. The highest BCUT2D eigenvalue weighted by Crippen LogP contribution is 2.22. The van der Waals surface area contributed by atoms with Gasteiger partial charge in [0.25, 0.3) is 5.91 Å². The Morgan fingerprint density at radius 2 is 1.46 bits per heavy atom. The van der Waals surface area contributed by atoms with Crippen LogP contribution in [0.25, 0.3) is 0 Å². The molecule has 0 saturated heterocycles. The second kappa shape index (κ2) is 13.0. The number of hydrogen-bond donors (Lipinski definition) is 4. The molecule has 1 aliphatic rings. The smallest absolute Gasteiger partial charge is 0.319 e. The van der Waals surface area contributed by atoms with E-state index >= 15 is 0 Å². The third-order valence-corrected chi connectivity index (χ3v) is 6.47. The van der Waals surface area contributed by atoms with E-state index in [0.717, 1.165) is 36.8 Å². The van der Waals surface area contributed by atoms with E-state index in [1.165, 1.54) is 0 Å². The topological polar surface area (TPSA) is 116 Å². The predicted molar refractivity (Wildman–Crippen MR) is 145 cm³/mol. The van der Waals surface area contributed by atoms with Crippen LogP contribution in [0.5, 0.6) is 0 Å². The van der Waals surface area contributed by atoms with Gasteiger partial charge in [0.05, 0.1) is 5.69 Å². The molecule has 1 fully saturated rings. The normalized spacial score (nSPS) is 17.1. The largest absolute Gasteiger partial charge is 0.351 e. The van der Waals surface area contributed by atoms with E-state index in [4.69, 9.17) is 0 Å². The lowest BCUT2D eigenvalue weighted by molar-refractivity contribution is -0.122. The van der Waals surface area contributed by atoms with Gasteiger partial charge in [-0.3, -0.25) is 14.4 Å². The maximum atomic E-state index is 13.0. The highest BCUT2D eigenvalue weighted by atomic mass is 16.2. The summed E-state index contributed by atoms with van der Waals surface area (Å²) in [5, 5.41) is 11.6. The Hall–Kier alpha value is -3.68. The molecule has 2 aromatic carbocycles. The Morgan fingerprint density at radius 1 is 0.838 bits per heavy atom. The van der Waals surface area contributed by atoms with Crippen LogP contribution in [-0.4, -0.2) is 41.8 Å². The molecule has 0 radical (unpaired) electrons. The number of benzene rings is 2. The van der Waals surface area contributed by atoms with Crippen LogP contribution < -0.4 is 21.3 Å². The summed E-state index contributed by atoms with van der Waals surface area (Å²) in [6.07, 6.45) is 3.56. The lowest BCUT2D eigenvalue weighted by atomic mass is 9.89. The molecule has 0 heterocycles. The van der Waals surface area contributed by atoms with Crippen LogP contribution >= 0.6 is 0 Å². The van der Waals surface area contributed by atoms with Gasteiger partial charge >= 0.3 is 6.03 Å². The quantitative estimate of drug-likeness (QED) is 0.370. The maximum Gasteiger partial charge on any atom is 0.319 e. The Morgan fingerprint density at radius 3 is 2.11 bits per heavy atom. The summed E-state index contributed by atoms with van der Waals surface area (Å²) in [5.41, 5.74) is 3.36. The van der Waals surface area contributed by atoms with E-state index in [-0.39, 0.29) is 54.6 Å². The van der Waals surface area contributed by atoms with Crippen LogP contribution in [0.1, 0.15) is 84.2 Å². The number of urea groups is 1. The van der Waals surface area contributed by atoms with E-state index in [2.05, 4.69) is 21.3 Å². The van der Waals surface area contributed by atoms with Crippen molar-refractivity contribution in [2.75, 3.05) is 5.32 Å². The molecule has 1 saturated carbocycles. The van der Waals surface area contributed by atoms with E-state index in [9.17, 15) is 19.2 Å². The molecule has 4 amide bonds. The van der Waals surface area contributed by atoms with E-state index in [0.29, 0.717) is 16.8 Å². The number of nitrogens with one attached hydrogen (secondary N) is 4. The standard InChI is InChI=1S/C29H38N4O4/c1-18(2)30-29(37)33-23-14-11-20(4)17-22(23)26(34)15-16-27(35)31-24-7-5-6-8-25(24)32-28(36)21-12-9-19(3)10-13-21/h9-14,17-18,24-25H,5-8,15-16H2,1-4H3,(H,31,35)(H,32,36)(H2,30,33,37). The monoisotopic (exact) mass is 506 g/mol. The van der Waals surface area contributed by atoms with Crippen molar-refractivity contribution in [2.45, 2.75) is 84.3 Å². The third-order valence-electron chi connectivity index (χ3n) is 6.47. The van der Waals surface area contributed by atoms with Crippen molar-refractivity contribution in [3.63, 3.8) is 0 Å². The van der Waals surface area contributed by atoms with Crippen LogP contribution in [-0.2, 0) is 4.79 Å². The minimum atomic E-state index is -0.387. The molecule has 0 spiro atoms. The zero-order chi connectivity index (χ0) is 26.9. The van der Waals surface area contributed by atoms with Crippen LogP contribution in [0.15, 0.2) is 42.5 Å². The van der Waals surface area contributed by atoms with Crippen molar-refractivity contribution < 1.29 is 19.2 Å². The molecule has 37 heavy (non-hydrogen) atoms. The van der Waals surface area contributed by atoms with Crippen molar-refractivity contribution in [1.82, 2.24) is 16.0 Å². The van der Waals surface area contributed by atoms with E-state index in [1.54, 1.807) is 24.3 Å². The Balaban J connectivity index is 1.57. The summed E-state index contributed by atoms with van der Waals surface area (Å²) >= 11 is 0. The highest BCUT2D eigenvalue weighted by Gasteiger charge is 2.28. The molecule has 0 aliphatic heterocycles. The number of hydrogen-bond acceptors (Lipinski definition) is 4. The van der Waals surface area contributed by atoms with Gasteiger partial charge in [-0.1, -0.05) is 42.2 Å². The highest BCUT2D eigenvalue weighted by molar-refractivity contribution is 6.05. The van der Waals surface area contributed by atoms with Gasteiger partial charge in [0.15, 0.2) is 5.78 Å². The number of rotatable bonds is 9. The van der Waals surface area contributed by atoms with Crippen molar-refractivity contribution in [2.24, 2.45) is 0 Å². The lowest BCUT2D eigenvalue weighted by Crippen LogP contribution is -2.53. The van der Waals surface area contributed by atoms with Gasteiger partial charge in [0.1, 0.15) is 0 Å². The number of amides is 4. The molecule has 1 aliphatic carbocycles. The fourth-order valence-electron chi connectivity index (χ4n) is 4.49. The Bertz CT molecular complexity index is 1130. The SMILES string of the molecule is Cc1ccc(C(=O)NC2CCCCC2NC(=O)CCC(=O)c2cc(C)ccc2NC(=O)NC(C)C)cc1. The van der Waals surface area contributed by atoms with Crippen molar-refractivity contribution in [3.05, 3.63) is 64.7 Å². The van der Waals surface area contributed by atoms with Crippen molar-refractivity contribution in [3.8, 4) is 0 Å². The van der Waals surface area contributed by atoms with Gasteiger partial charge in [-0.25, -0.2) is 4.79 Å². The summed E-state index contributed by atoms with van der Waals surface area (Å²) in [6, 6.07) is 11.9. The van der Waals surface area contributed by atoms with E-state index in [1.807, 2.05) is 45.9 Å². The van der Waals surface area contributed by atoms with Gasteiger partial charge in [-0.15, -0.1) is 0 Å². The van der Waals surface area contributed by atoms with Crippen molar-refractivity contribution in [1.29, 1.82) is 0 Å². The number of aryl methyl sites for hydroxylation is 2. The van der Waals surface area contributed by atoms with E-state index < -0.39 is 0 Å². The van der Waals surface area contributed by atoms with Crippen LogP contribution in [0.2, 0.25) is 0 Å². The lowest BCUT2D eigenvalue weighted by Gasteiger charge is -2.33. The van der Waals surface area contributed by atoms with Crippen molar-refractivity contribution >= 4 is 29.3 Å². The second-order valence-corrected chi connectivity index (χ2v) is 10.1. The molecule has 2 atom stereocenters. The van der Waals surface area contributed by atoms with Gasteiger partial charge in [-0.2, -0.15) is 0 Å². The molecule has 2 aromatic rings. The number of ketones is 1. The molecule has 8 nitrogen and oxygen atoms in total. The van der Waals surface area contributed by atoms with Gasteiger partial charge in [0, 0.05) is 42.1 Å². The second-order valence-electron chi connectivity index (χ2n) is 10.1.